The van der Waals surface area contributed by atoms with Gasteiger partial charge in [-0.05, 0) is 19.3 Å². The van der Waals surface area contributed by atoms with Crippen LogP contribution in [0.2, 0.25) is 0 Å². The van der Waals surface area contributed by atoms with E-state index in [4.69, 9.17) is 4.74 Å². The third-order valence-corrected chi connectivity index (χ3v) is 3.66. The molecule has 2 fully saturated rings. The number of hydrogen-bond donors (Lipinski definition) is 1. The molecule has 1 heterocycles. The number of ether oxygens (including phenoxy) is 1. The van der Waals surface area contributed by atoms with E-state index in [1.54, 1.807) is 0 Å². The van der Waals surface area contributed by atoms with Crippen LogP contribution in [0.3, 0.4) is 0 Å². The molecule has 0 amide bonds. The second-order valence-corrected chi connectivity index (χ2v) is 4.70. The summed E-state index contributed by atoms with van der Waals surface area (Å²) in [5.74, 6) is 0. The van der Waals surface area contributed by atoms with Gasteiger partial charge in [-0.1, -0.05) is 19.4 Å². The van der Waals surface area contributed by atoms with Crippen LogP contribution in [0.15, 0.2) is 0 Å². The molecule has 0 aromatic carbocycles. The Morgan fingerprint density at radius 3 is 2.62 bits per heavy atom. The maximum atomic E-state index is 9.55. The molecule has 2 aliphatic rings. The van der Waals surface area contributed by atoms with E-state index in [0.29, 0.717) is 18.8 Å². The predicted molar refractivity (Wildman–Crippen MR) is 59.5 cm³/mol. The molecule has 4 heteroatoms. The van der Waals surface area contributed by atoms with Gasteiger partial charge in [-0.15, -0.1) is 0 Å². The van der Waals surface area contributed by atoms with Gasteiger partial charge in [0.05, 0.1) is 12.2 Å². The molecule has 1 aliphatic heterocycles. The first kappa shape index (κ1) is 15.0. The van der Waals surface area contributed by atoms with Gasteiger partial charge in [-0.2, -0.15) is 0 Å². The summed E-state index contributed by atoms with van der Waals surface area (Å²) in [4.78, 5) is 2.41. The van der Waals surface area contributed by atoms with Gasteiger partial charge in [0, 0.05) is 51.8 Å². The largest absolute Gasteiger partial charge is 0.409 e. The standard InChI is InChI=1S/C12H22NO2.Y/c1-2-15-12-6-4-3-5-11(12)13-8-7-10(14)9-13;/h10-12,14H,1-9H2;/q-1;/t10-,11-,12-;/m1./s1. The number of aliphatic hydroxyl groups excluding tert-OH is 1. The van der Waals surface area contributed by atoms with Crippen molar-refractivity contribution < 1.29 is 42.6 Å². The van der Waals surface area contributed by atoms with Gasteiger partial charge < -0.3 is 16.8 Å². The first-order valence-corrected chi connectivity index (χ1v) is 6.14. The third kappa shape index (κ3) is 3.74. The predicted octanol–water partition coefficient (Wildman–Crippen LogP) is 1.21. The van der Waals surface area contributed by atoms with Crippen LogP contribution in [0.1, 0.15) is 32.1 Å². The van der Waals surface area contributed by atoms with Gasteiger partial charge in [0.2, 0.25) is 0 Å². The van der Waals surface area contributed by atoms with Crippen LogP contribution in [-0.4, -0.2) is 48.0 Å². The second kappa shape index (κ2) is 7.43. The molecular formula is C12H22NO2Y-. The Morgan fingerprint density at radius 2 is 2.00 bits per heavy atom. The monoisotopic (exact) mass is 301 g/mol. The first-order valence-electron chi connectivity index (χ1n) is 6.14. The molecule has 0 spiro atoms. The molecular weight excluding hydrogens is 279 g/mol. The molecule has 91 valence electrons. The molecule has 1 saturated carbocycles. The van der Waals surface area contributed by atoms with Gasteiger partial charge in [0.15, 0.2) is 0 Å². The zero-order valence-electron chi connectivity index (χ0n) is 9.98. The summed E-state index contributed by atoms with van der Waals surface area (Å²) in [6.45, 7) is 6.20. The van der Waals surface area contributed by atoms with E-state index in [1.807, 2.05) is 0 Å². The summed E-state index contributed by atoms with van der Waals surface area (Å²) >= 11 is 0. The van der Waals surface area contributed by atoms with Crippen molar-refractivity contribution in [3.8, 4) is 0 Å². The fourth-order valence-corrected chi connectivity index (χ4v) is 2.91. The quantitative estimate of drug-likeness (QED) is 0.796. The van der Waals surface area contributed by atoms with Crippen LogP contribution < -0.4 is 0 Å². The van der Waals surface area contributed by atoms with Crippen molar-refractivity contribution in [3.05, 3.63) is 6.92 Å². The summed E-state index contributed by atoms with van der Waals surface area (Å²) < 4.78 is 5.71. The zero-order valence-corrected chi connectivity index (χ0v) is 12.8. The molecule has 16 heavy (non-hydrogen) atoms. The number of likely N-dealkylation sites (tertiary alicyclic amines) is 1. The fourth-order valence-electron chi connectivity index (χ4n) is 2.91. The number of hydrogen-bond acceptors (Lipinski definition) is 3. The van der Waals surface area contributed by atoms with Crippen molar-refractivity contribution in [1.29, 1.82) is 0 Å². The molecule has 0 bridgehead atoms. The third-order valence-electron chi connectivity index (χ3n) is 3.66. The summed E-state index contributed by atoms with van der Waals surface area (Å²) in [5, 5.41) is 9.55. The Bertz CT molecular complexity index is 197. The van der Waals surface area contributed by atoms with Crippen LogP contribution in [0.25, 0.3) is 0 Å². The van der Waals surface area contributed by atoms with E-state index in [0.717, 1.165) is 25.9 Å². The topological polar surface area (TPSA) is 32.7 Å². The van der Waals surface area contributed by atoms with Crippen LogP contribution >= 0.6 is 0 Å². The second-order valence-electron chi connectivity index (χ2n) is 4.70. The maximum absolute atomic E-state index is 9.55. The molecule has 3 nitrogen and oxygen atoms in total. The molecule has 0 aromatic rings. The fraction of sp³-hybridized carbons (Fsp3) is 0.917. The molecule has 2 rings (SSSR count). The Hall–Kier alpha value is 0.984. The molecule has 0 aromatic heterocycles. The van der Waals surface area contributed by atoms with Gasteiger partial charge in [0.25, 0.3) is 0 Å². The van der Waals surface area contributed by atoms with E-state index >= 15 is 0 Å². The molecule has 1 radical (unpaired) electrons. The van der Waals surface area contributed by atoms with Crippen molar-refractivity contribution >= 4 is 0 Å². The molecule has 0 unspecified atom stereocenters. The van der Waals surface area contributed by atoms with Crippen molar-refractivity contribution in [2.45, 2.75) is 50.4 Å². The minimum Gasteiger partial charge on any atom is -0.409 e. The van der Waals surface area contributed by atoms with Crippen molar-refractivity contribution in [3.63, 3.8) is 0 Å². The zero-order chi connectivity index (χ0) is 10.7. The molecule has 1 N–H and O–H groups in total. The summed E-state index contributed by atoms with van der Waals surface area (Å²) in [5.41, 5.74) is 0. The van der Waals surface area contributed by atoms with E-state index in [1.165, 1.54) is 19.3 Å². The number of nitrogens with zero attached hydrogens (tertiary/aromatic N) is 1. The minimum absolute atomic E-state index is 0. The van der Waals surface area contributed by atoms with Gasteiger partial charge in [0.1, 0.15) is 0 Å². The minimum atomic E-state index is -0.118. The van der Waals surface area contributed by atoms with Crippen LogP contribution in [-0.2, 0) is 37.4 Å². The van der Waals surface area contributed by atoms with Gasteiger partial charge in [-0.25, -0.2) is 0 Å². The average molecular weight is 301 g/mol. The van der Waals surface area contributed by atoms with E-state index in [-0.39, 0.29) is 38.8 Å². The summed E-state index contributed by atoms with van der Waals surface area (Å²) in [6, 6.07) is 0.526. The van der Waals surface area contributed by atoms with Gasteiger partial charge >= 0.3 is 0 Å². The van der Waals surface area contributed by atoms with Crippen molar-refractivity contribution in [2.24, 2.45) is 0 Å². The van der Waals surface area contributed by atoms with Gasteiger partial charge in [-0.3, -0.25) is 4.90 Å². The Kier molecular flexibility index (Phi) is 6.98. The number of β-amino-alcohol motifs (C(OH)–C–C–N with tert-alkyl or cyclic N) is 1. The van der Waals surface area contributed by atoms with Crippen LogP contribution in [0, 0.1) is 6.92 Å². The van der Waals surface area contributed by atoms with Crippen LogP contribution in [0.5, 0.6) is 0 Å². The molecule has 1 saturated heterocycles. The van der Waals surface area contributed by atoms with Crippen LogP contribution in [0.4, 0.5) is 0 Å². The summed E-state index contributed by atoms with van der Waals surface area (Å²) in [7, 11) is 0. The van der Waals surface area contributed by atoms with Crippen molar-refractivity contribution in [2.75, 3.05) is 19.7 Å². The van der Waals surface area contributed by atoms with E-state index in [9.17, 15) is 5.11 Å². The first-order chi connectivity index (χ1) is 7.31. The average Bonchev–Trinajstić information content (AvgIpc) is 2.66. The SMILES string of the molecule is [CH2-]CO[C@@H]1CCCC[C@H]1N1CC[C@@H](O)C1.[Y]. The maximum Gasteiger partial charge on any atom is 0.0694 e. The van der Waals surface area contributed by atoms with Crippen molar-refractivity contribution in [1.82, 2.24) is 4.90 Å². The molecule has 3 atom stereocenters. The normalized spacial score (nSPS) is 36.0. The van der Waals surface area contributed by atoms with E-state index in [2.05, 4.69) is 11.8 Å². The smallest absolute Gasteiger partial charge is 0.0694 e. The Morgan fingerprint density at radius 1 is 1.25 bits per heavy atom. The molecule has 1 aliphatic carbocycles. The number of aliphatic hydroxyl groups is 1. The Labute approximate surface area is 124 Å². The Balaban J connectivity index is 0.00000128. The summed E-state index contributed by atoms with van der Waals surface area (Å²) in [6.07, 6.45) is 6.11. The number of rotatable bonds is 3. The van der Waals surface area contributed by atoms with E-state index < -0.39 is 0 Å².